The fourth-order valence-corrected chi connectivity index (χ4v) is 2.95. The molecule has 0 fully saturated rings. The zero-order chi connectivity index (χ0) is 22.6. The molecule has 0 N–H and O–H groups in total. The molecule has 0 aromatic heterocycles. The molecule has 0 heterocycles. The SMILES string of the molecule is CC(C)O/N=C/c1ccc(OCCCOc2c(Cl)cc(OCC=C(Cl)Cl)cc2Cl)cc1. The van der Waals surface area contributed by atoms with E-state index in [2.05, 4.69) is 5.16 Å². The Kier molecular flexibility index (Phi) is 11.2. The number of hydrogen-bond donors (Lipinski definition) is 0. The molecule has 0 aliphatic heterocycles. The number of oxime groups is 1. The van der Waals surface area contributed by atoms with E-state index >= 15 is 0 Å². The second-order valence-corrected chi connectivity index (χ2v) is 8.35. The molecule has 0 spiro atoms. The Bertz CT molecular complexity index is 859. The first-order chi connectivity index (χ1) is 14.8. The molecule has 2 rings (SSSR count). The number of rotatable bonds is 12. The molecule has 2 aromatic carbocycles. The van der Waals surface area contributed by atoms with Gasteiger partial charge in [0, 0.05) is 18.6 Å². The van der Waals surface area contributed by atoms with Gasteiger partial charge in [-0.25, -0.2) is 0 Å². The lowest BCUT2D eigenvalue weighted by Crippen LogP contribution is -2.06. The largest absolute Gasteiger partial charge is 0.493 e. The normalized spacial score (nSPS) is 10.9. The first-order valence-corrected chi connectivity index (χ1v) is 11.0. The van der Waals surface area contributed by atoms with E-state index in [0.29, 0.717) is 41.2 Å². The lowest BCUT2D eigenvalue weighted by molar-refractivity contribution is 0.0873. The summed E-state index contributed by atoms with van der Waals surface area (Å²) in [7, 11) is 0. The summed E-state index contributed by atoms with van der Waals surface area (Å²) in [6.07, 6.45) is 3.87. The van der Waals surface area contributed by atoms with Crippen molar-refractivity contribution in [1.29, 1.82) is 0 Å². The summed E-state index contributed by atoms with van der Waals surface area (Å²) < 4.78 is 17.0. The average Bonchev–Trinajstić information content (AvgIpc) is 2.70. The van der Waals surface area contributed by atoms with Crippen molar-refractivity contribution in [2.24, 2.45) is 5.16 Å². The van der Waals surface area contributed by atoms with Gasteiger partial charge in [0.15, 0.2) is 5.75 Å². The minimum absolute atomic E-state index is 0.0511. The van der Waals surface area contributed by atoms with Crippen molar-refractivity contribution in [2.45, 2.75) is 26.4 Å². The van der Waals surface area contributed by atoms with Crippen LogP contribution in [0.4, 0.5) is 0 Å². The molecule has 0 atom stereocenters. The predicted molar refractivity (Wildman–Crippen MR) is 128 cm³/mol. The van der Waals surface area contributed by atoms with Crippen LogP contribution in [-0.2, 0) is 4.84 Å². The highest BCUT2D eigenvalue weighted by molar-refractivity contribution is 6.55. The maximum atomic E-state index is 6.25. The number of hydrogen-bond acceptors (Lipinski definition) is 5. The van der Waals surface area contributed by atoms with Crippen LogP contribution >= 0.6 is 46.4 Å². The van der Waals surface area contributed by atoms with Gasteiger partial charge in [0.25, 0.3) is 0 Å². The Morgan fingerprint density at radius 1 is 0.935 bits per heavy atom. The zero-order valence-electron chi connectivity index (χ0n) is 17.1. The molecule has 9 heteroatoms. The smallest absolute Gasteiger partial charge is 0.156 e. The van der Waals surface area contributed by atoms with Gasteiger partial charge < -0.3 is 19.0 Å². The van der Waals surface area contributed by atoms with Gasteiger partial charge in [-0.05, 0) is 49.8 Å². The van der Waals surface area contributed by atoms with E-state index in [1.165, 1.54) is 6.08 Å². The van der Waals surface area contributed by atoms with Crippen LogP contribution in [0, 0.1) is 0 Å². The van der Waals surface area contributed by atoms with Crippen LogP contribution in [0.15, 0.2) is 52.1 Å². The Balaban J connectivity index is 1.75. The van der Waals surface area contributed by atoms with Gasteiger partial charge in [0.05, 0.1) is 29.5 Å². The summed E-state index contributed by atoms with van der Waals surface area (Å²) in [5.41, 5.74) is 0.926. The van der Waals surface area contributed by atoms with Crippen molar-refractivity contribution in [3.05, 3.63) is 62.6 Å². The maximum absolute atomic E-state index is 6.25. The molecule has 0 saturated heterocycles. The van der Waals surface area contributed by atoms with Crippen molar-refractivity contribution >= 4 is 52.6 Å². The van der Waals surface area contributed by atoms with Crippen molar-refractivity contribution < 1.29 is 19.0 Å². The number of benzene rings is 2. The Labute approximate surface area is 202 Å². The minimum Gasteiger partial charge on any atom is -0.493 e. The van der Waals surface area contributed by atoms with Crippen LogP contribution in [0.25, 0.3) is 0 Å². The van der Waals surface area contributed by atoms with E-state index in [0.717, 1.165) is 11.3 Å². The van der Waals surface area contributed by atoms with Gasteiger partial charge in [-0.2, -0.15) is 0 Å². The van der Waals surface area contributed by atoms with Crippen molar-refractivity contribution in [3.8, 4) is 17.2 Å². The molecular formula is C22H23Cl4NO4. The molecule has 31 heavy (non-hydrogen) atoms. The predicted octanol–water partition coefficient (Wildman–Crippen LogP) is 7.30. The summed E-state index contributed by atoms with van der Waals surface area (Å²) >= 11 is 23.6. The molecule has 0 aliphatic carbocycles. The zero-order valence-corrected chi connectivity index (χ0v) is 20.1. The van der Waals surface area contributed by atoms with Gasteiger partial charge in [0.1, 0.15) is 28.7 Å². The molecular weight excluding hydrogens is 484 g/mol. The lowest BCUT2D eigenvalue weighted by atomic mass is 10.2. The van der Waals surface area contributed by atoms with Gasteiger partial charge >= 0.3 is 0 Å². The monoisotopic (exact) mass is 505 g/mol. The molecule has 0 radical (unpaired) electrons. The van der Waals surface area contributed by atoms with E-state index < -0.39 is 0 Å². The summed E-state index contributed by atoms with van der Waals surface area (Å²) in [4.78, 5) is 5.14. The van der Waals surface area contributed by atoms with Crippen molar-refractivity contribution in [3.63, 3.8) is 0 Å². The van der Waals surface area contributed by atoms with Crippen molar-refractivity contribution in [2.75, 3.05) is 19.8 Å². The van der Waals surface area contributed by atoms with E-state index in [9.17, 15) is 0 Å². The van der Waals surface area contributed by atoms with Crippen LogP contribution in [-0.4, -0.2) is 32.1 Å². The average molecular weight is 507 g/mol. The first kappa shape index (κ1) is 25.5. The molecule has 0 bridgehead atoms. The molecule has 168 valence electrons. The third kappa shape index (κ3) is 9.92. The third-order valence-corrected chi connectivity index (χ3v) is 4.49. The molecule has 0 aliphatic rings. The number of halogens is 4. The maximum Gasteiger partial charge on any atom is 0.156 e. The van der Waals surface area contributed by atoms with Gasteiger partial charge in [-0.1, -0.05) is 51.6 Å². The fraction of sp³-hybridized carbons (Fsp3) is 0.318. The van der Waals surface area contributed by atoms with Gasteiger partial charge in [-0.3, -0.25) is 0 Å². The first-order valence-electron chi connectivity index (χ1n) is 9.53. The van der Waals surface area contributed by atoms with Crippen LogP contribution in [0.1, 0.15) is 25.8 Å². The second kappa shape index (κ2) is 13.6. The van der Waals surface area contributed by atoms with E-state index in [1.807, 2.05) is 38.1 Å². The molecule has 2 aromatic rings. The standard InChI is InChI=1S/C22H23Cl4NO4/c1-15(2)31-27-14-16-4-6-17(7-5-16)28-9-3-10-30-22-19(23)12-18(13-20(22)24)29-11-8-21(25)26/h4-8,12-15H,3,9-11H2,1-2H3/b27-14+. The quantitative estimate of drug-likeness (QED) is 0.172. The van der Waals surface area contributed by atoms with E-state index in [4.69, 9.17) is 65.5 Å². The van der Waals surface area contributed by atoms with Crippen LogP contribution < -0.4 is 14.2 Å². The Morgan fingerprint density at radius 3 is 2.19 bits per heavy atom. The molecule has 0 unspecified atom stereocenters. The number of ether oxygens (including phenoxy) is 3. The molecule has 0 amide bonds. The van der Waals surface area contributed by atoms with E-state index in [-0.39, 0.29) is 17.2 Å². The molecule has 5 nitrogen and oxygen atoms in total. The van der Waals surface area contributed by atoms with Crippen LogP contribution in [0.2, 0.25) is 10.0 Å². The van der Waals surface area contributed by atoms with Crippen LogP contribution in [0.5, 0.6) is 17.2 Å². The Hall–Kier alpha value is -1.79. The van der Waals surface area contributed by atoms with Gasteiger partial charge in [-0.15, -0.1) is 0 Å². The highest BCUT2D eigenvalue weighted by atomic mass is 35.5. The summed E-state index contributed by atoms with van der Waals surface area (Å²) in [5.74, 6) is 1.64. The summed E-state index contributed by atoms with van der Waals surface area (Å²) in [6, 6.07) is 10.8. The van der Waals surface area contributed by atoms with Gasteiger partial charge in [0.2, 0.25) is 0 Å². The van der Waals surface area contributed by atoms with Crippen molar-refractivity contribution in [1.82, 2.24) is 0 Å². The fourth-order valence-electron chi connectivity index (χ4n) is 2.25. The molecule has 0 saturated carbocycles. The van der Waals surface area contributed by atoms with E-state index in [1.54, 1.807) is 18.3 Å². The number of nitrogens with zero attached hydrogens (tertiary/aromatic N) is 1. The topological polar surface area (TPSA) is 49.3 Å². The minimum atomic E-state index is 0.0511. The highest BCUT2D eigenvalue weighted by Crippen LogP contribution is 2.37. The highest BCUT2D eigenvalue weighted by Gasteiger charge is 2.10. The summed E-state index contributed by atoms with van der Waals surface area (Å²) in [5, 5.41) is 4.60. The third-order valence-electron chi connectivity index (χ3n) is 3.62. The summed E-state index contributed by atoms with van der Waals surface area (Å²) in [6.45, 7) is 4.91. The second-order valence-electron chi connectivity index (χ2n) is 6.53. The lowest BCUT2D eigenvalue weighted by Gasteiger charge is -2.12. The Morgan fingerprint density at radius 2 is 1.58 bits per heavy atom. The van der Waals surface area contributed by atoms with Crippen LogP contribution in [0.3, 0.4) is 0 Å².